The molecule has 0 aliphatic heterocycles. The number of thiophene rings is 1. The highest BCUT2D eigenvalue weighted by Crippen LogP contribution is 2.41. The fourth-order valence-electron chi connectivity index (χ4n) is 2.76. The zero-order valence-corrected chi connectivity index (χ0v) is 17.5. The lowest BCUT2D eigenvalue weighted by Crippen LogP contribution is -2.25. The number of nitrogens with one attached hydrogen (secondary N) is 1. The Bertz CT molecular complexity index is 952. The zero-order valence-electron chi connectivity index (χ0n) is 15.1. The summed E-state index contributed by atoms with van der Waals surface area (Å²) in [6.45, 7) is 0.948. The summed E-state index contributed by atoms with van der Waals surface area (Å²) in [5.41, 5.74) is 8.09. The van der Waals surface area contributed by atoms with Gasteiger partial charge in [-0.15, -0.1) is 21.5 Å². The van der Waals surface area contributed by atoms with Crippen molar-refractivity contribution in [3.05, 3.63) is 39.4 Å². The maximum absolute atomic E-state index is 13.5. The van der Waals surface area contributed by atoms with E-state index in [-0.39, 0.29) is 6.04 Å². The van der Waals surface area contributed by atoms with Gasteiger partial charge < -0.3 is 15.8 Å². The molecule has 3 N–H and O–H groups in total. The van der Waals surface area contributed by atoms with Crippen LogP contribution in [0.4, 0.5) is 10.2 Å². The molecular weight excluding hydrogens is 447 g/mol. The predicted molar refractivity (Wildman–Crippen MR) is 110 cm³/mol. The topological polar surface area (TPSA) is 98.8 Å². The minimum absolute atomic E-state index is 0.124. The Morgan fingerprint density at radius 3 is 2.86 bits per heavy atom. The molecule has 0 unspecified atom stereocenters. The Balaban J connectivity index is 1.43. The van der Waals surface area contributed by atoms with Crippen molar-refractivity contribution in [1.82, 2.24) is 20.4 Å². The number of anilines is 1. The van der Waals surface area contributed by atoms with E-state index in [0.29, 0.717) is 44.7 Å². The van der Waals surface area contributed by atoms with E-state index >= 15 is 0 Å². The van der Waals surface area contributed by atoms with Crippen LogP contribution in [0.25, 0.3) is 10.2 Å². The second-order valence-electron chi connectivity index (χ2n) is 6.85. The van der Waals surface area contributed by atoms with Crippen LogP contribution in [-0.4, -0.2) is 38.9 Å². The SMILES string of the molecule is N[C@@H](CCOC1(F)CC1)Cc1sc2c(NCc3ccncc3)nnnc2c1Br. The molecule has 0 bridgehead atoms. The molecule has 0 spiro atoms. The van der Waals surface area contributed by atoms with E-state index in [1.165, 1.54) is 0 Å². The number of nitrogens with zero attached hydrogens (tertiary/aromatic N) is 4. The van der Waals surface area contributed by atoms with Gasteiger partial charge in [0.25, 0.3) is 0 Å². The summed E-state index contributed by atoms with van der Waals surface area (Å²) >= 11 is 5.20. The lowest BCUT2D eigenvalue weighted by Gasteiger charge is -2.12. The number of nitrogens with two attached hydrogens (primary N) is 1. The maximum Gasteiger partial charge on any atom is 0.209 e. The van der Waals surface area contributed by atoms with Gasteiger partial charge in [0.15, 0.2) is 5.82 Å². The van der Waals surface area contributed by atoms with E-state index in [2.05, 4.69) is 41.6 Å². The molecule has 3 heterocycles. The third-order valence-electron chi connectivity index (χ3n) is 4.55. The molecule has 1 saturated carbocycles. The third kappa shape index (κ3) is 4.62. The first-order chi connectivity index (χ1) is 13.5. The first kappa shape index (κ1) is 19.6. The number of hydrogen-bond donors (Lipinski definition) is 2. The molecule has 1 fully saturated rings. The van der Waals surface area contributed by atoms with E-state index in [1.807, 2.05) is 12.1 Å². The molecule has 3 aromatic rings. The Hall–Kier alpha value is -1.75. The van der Waals surface area contributed by atoms with Crippen LogP contribution < -0.4 is 11.1 Å². The summed E-state index contributed by atoms with van der Waals surface area (Å²) in [5, 5.41) is 15.5. The predicted octanol–water partition coefficient (Wildman–Crippen LogP) is 3.59. The summed E-state index contributed by atoms with van der Waals surface area (Å²) in [6, 6.07) is 3.76. The fourth-order valence-corrected chi connectivity index (χ4v) is 4.76. The van der Waals surface area contributed by atoms with Gasteiger partial charge in [0.05, 0.1) is 11.1 Å². The molecule has 28 heavy (non-hydrogen) atoms. The first-order valence-electron chi connectivity index (χ1n) is 9.05. The van der Waals surface area contributed by atoms with Crippen molar-refractivity contribution in [2.75, 3.05) is 11.9 Å². The minimum atomic E-state index is -1.39. The second kappa shape index (κ2) is 8.32. The van der Waals surface area contributed by atoms with Crippen molar-refractivity contribution in [2.45, 2.75) is 44.1 Å². The average molecular weight is 467 g/mol. The van der Waals surface area contributed by atoms with Crippen molar-refractivity contribution >= 4 is 43.3 Å². The van der Waals surface area contributed by atoms with Crippen LogP contribution in [0.15, 0.2) is 29.0 Å². The number of aromatic nitrogens is 4. The van der Waals surface area contributed by atoms with Gasteiger partial charge >= 0.3 is 0 Å². The van der Waals surface area contributed by atoms with Crippen LogP contribution in [0.3, 0.4) is 0 Å². The molecule has 0 aromatic carbocycles. The average Bonchev–Trinajstić information content (AvgIpc) is 3.35. The Kier molecular flexibility index (Phi) is 5.81. The van der Waals surface area contributed by atoms with E-state index in [0.717, 1.165) is 25.1 Å². The fraction of sp³-hybridized carbons (Fsp3) is 0.444. The molecule has 3 aromatic heterocycles. The molecule has 1 aliphatic rings. The molecule has 1 atom stereocenters. The lowest BCUT2D eigenvalue weighted by atomic mass is 10.1. The van der Waals surface area contributed by atoms with Crippen LogP contribution in [-0.2, 0) is 17.7 Å². The van der Waals surface area contributed by atoms with Crippen molar-refractivity contribution in [3.8, 4) is 0 Å². The highest BCUT2D eigenvalue weighted by molar-refractivity contribution is 9.10. The van der Waals surface area contributed by atoms with Crippen molar-refractivity contribution in [3.63, 3.8) is 0 Å². The van der Waals surface area contributed by atoms with Crippen LogP contribution in [0.1, 0.15) is 29.7 Å². The number of fused-ring (bicyclic) bond motifs is 1. The molecule has 0 saturated heterocycles. The van der Waals surface area contributed by atoms with Gasteiger partial charge in [0.2, 0.25) is 5.85 Å². The Morgan fingerprint density at radius 1 is 1.32 bits per heavy atom. The molecule has 0 radical (unpaired) electrons. The Morgan fingerprint density at radius 2 is 2.11 bits per heavy atom. The van der Waals surface area contributed by atoms with Crippen molar-refractivity contribution in [2.24, 2.45) is 5.73 Å². The summed E-state index contributed by atoms with van der Waals surface area (Å²) in [6.07, 6.45) is 5.74. The number of halogens is 2. The van der Waals surface area contributed by atoms with Crippen LogP contribution >= 0.6 is 27.3 Å². The molecule has 4 rings (SSSR count). The highest BCUT2D eigenvalue weighted by Gasteiger charge is 2.44. The largest absolute Gasteiger partial charge is 0.363 e. The monoisotopic (exact) mass is 466 g/mol. The molecule has 7 nitrogen and oxygen atoms in total. The van der Waals surface area contributed by atoms with Crippen LogP contribution in [0, 0.1) is 0 Å². The van der Waals surface area contributed by atoms with Gasteiger partial charge in [-0.1, -0.05) is 0 Å². The quantitative estimate of drug-likeness (QED) is 0.496. The van der Waals surface area contributed by atoms with Gasteiger partial charge in [-0.25, -0.2) is 4.39 Å². The van der Waals surface area contributed by atoms with E-state index in [4.69, 9.17) is 10.5 Å². The zero-order chi connectivity index (χ0) is 19.6. The van der Waals surface area contributed by atoms with Crippen LogP contribution in [0.2, 0.25) is 0 Å². The second-order valence-corrected chi connectivity index (χ2v) is 8.75. The third-order valence-corrected chi connectivity index (χ3v) is 6.87. The van der Waals surface area contributed by atoms with Gasteiger partial charge in [-0.2, -0.15) is 0 Å². The molecule has 10 heteroatoms. The summed E-state index contributed by atoms with van der Waals surface area (Å²) in [5.74, 6) is -0.710. The number of alkyl halides is 1. The lowest BCUT2D eigenvalue weighted by molar-refractivity contribution is -0.0648. The molecule has 0 amide bonds. The number of rotatable bonds is 9. The standard InChI is InChI=1S/C18H20BrFN6OS/c19-14-13(9-12(21)3-8-27-18(20)4-5-18)28-16-15(14)24-26-25-17(16)23-10-11-1-6-22-7-2-11/h1-2,6-7,12H,3-5,8-10,21H2,(H,23,24,25)/t12-/m0/s1. The van der Waals surface area contributed by atoms with Gasteiger partial charge in [-0.3, -0.25) is 4.98 Å². The molecule has 1 aliphatic carbocycles. The smallest absolute Gasteiger partial charge is 0.209 e. The van der Waals surface area contributed by atoms with Gasteiger partial charge in [0, 0.05) is 42.7 Å². The van der Waals surface area contributed by atoms with E-state index < -0.39 is 5.85 Å². The van der Waals surface area contributed by atoms with Gasteiger partial charge in [-0.05, 0) is 51.7 Å². The summed E-state index contributed by atoms with van der Waals surface area (Å²) < 4.78 is 20.6. The van der Waals surface area contributed by atoms with Crippen LogP contribution in [0.5, 0.6) is 0 Å². The van der Waals surface area contributed by atoms with Gasteiger partial charge in [0.1, 0.15) is 10.2 Å². The highest BCUT2D eigenvalue weighted by atomic mass is 79.9. The molecular formula is C18H20BrFN6OS. The summed E-state index contributed by atoms with van der Waals surface area (Å²) in [7, 11) is 0. The maximum atomic E-state index is 13.5. The number of hydrogen-bond acceptors (Lipinski definition) is 8. The first-order valence-corrected chi connectivity index (χ1v) is 10.7. The number of pyridine rings is 1. The number of ether oxygens (including phenoxy) is 1. The minimum Gasteiger partial charge on any atom is -0.363 e. The Labute approximate surface area is 174 Å². The van der Waals surface area contributed by atoms with Crippen molar-refractivity contribution in [1.29, 1.82) is 0 Å². The normalized spacial score (nSPS) is 16.2. The van der Waals surface area contributed by atoms with E-state index in [1.54, 1.807) is 23.7 Å². The molecule has 148 valence electrons. The van der Waals surface area contributed by atoms with Crippen molar-refractivity contribution < 1.29 is 9.13 Å². The summed E-state index contributed by atoms with van der Waals surface area (Å²) in [4.78, 5) is 5.09. The van der Waals surface area contributed by atoms with E-state index in [9.17, 15) is 4.39 Å².